The average molecular weight is 646 g/mol. The molecule has 0 aliphatic carbocycles. The summed E-state index contributed by atoms with van der Waals surface area (Å²) in [4.78, 5) is 15.9. The molecule has 1 atom stereocenters. The fourth-order valence-corrected chi connectivity index (χ4v) is 7.75. The fraction of sp³-hybridized carbons (Fsp3) is 0.484. The molecule has 2 aliphatic rings. The Bertz CT molecular complexity index is 1500. The second kappa shape index (κ2) is 14.5. The number of thioether (sulfide) groups is 1. The minimum absolute atomic E-state index is 0.155. The first-order chi connectivity index (χ1) is 21.1. The van der Waals surface area contributed by atoms with Crippen LogP contribution in [0.5, 0.6) is 0 Å². The Hall–Kier alpha value is -2.84. The number of rotatable bonds is 12. The molecule has 3 aromatic rings. The van der Waals surface area contributed by atoms with Gasteiger partial charge in [-0.05, 0) is 90.7 Å². The topological polar surface area (TPSA) is 93.7 Å². The van der Waals surface area contributed by atoms with Crippen LogP contribution >= 0.6 is 11.8 Å². The monoisotopic (exact) mass is 645 g/mol. The molecular formula is C31H41F2N7O2S2. The van der Waals surface area contributed by atoms with E-state index < -0.39 is 26.6 Å². The summed E-state index contributed by atoms with van der Waals surface area (Å²) < 4.78 is 59.9. The van der Waals surface area contributed by atoms with Gasteiger partial charge in [-0.3, -0.25) is 9.62 Å². The number of nitrogens with one attached hydrogen (secondary N) is 2. The van der Waals surface area contributed by atoms with E-state index in [9.17, 15) is 8.42 Å². The Balaban J connectivity index is 1.29. The van der Waals surface area contributed by atoms with Crippen LogP contribution in [0.4, 0.5) is 20.3 Å². The summed E-state index contributed by atoms with van der Waals surface area (Å²) in [5.74, 6) is -1.21. The van der Waals surface area contributed by atoms with Gasteiger partial charge in [-0.2, -0.15) is 0 Å². The van der Waals surface area contributed by atoms with Gasteiger partial charge in [0.15, 0.2) is 11.6 Å². The normalized spacial score (nSPS) is 17.4. The summed E-state index contributed by atoms with van der Waals surface area (Å²) in [6.07, 6.45) is 4.73. The Morgan fingerprint density at radius 3 is 2.45 bits per heavy atom. The Morgan fingerprint density at radius 2 is 1.77 bits per heavy atom. The highest BCUT2D eigenvalue weighted by molar-refractivity contribution is 7.99. The number of hydrogen-bond acceptors (Lipinski definition) is 9. The van der Waals surface area contributed by atoms with Crippen molar-refractivity contribution in [2.45, 2.75) is 54.1 Å². The van der Waals surface area contributed by atoms with E-state index in [0.717, 1.165) is 60.8 Å². The number of likely N-dealkylation sites (tertiary alicyclic amines) is 1. The van der Waals surface area contributed by atoms with Crippen molar-refractivity contribution in [2.75, 3.05) is 63.1 Å². The van der Waals surface area contributed by atoms with Gasteiger partial charge in [0.05, 0.1) is 10.6 Å². The van der Waals surface area contributed by atoms with Crippen LogP contribution in [-0.4, -0.2) is 98.2 Å². The van der Waals surface area contributed by atoms with Crippen molar-refractivity contribution >= 4 is 33.3 Å². The summed E-state index contributed by atoms with van der Waals surface area (Å²) in [5.41, 5.74) is 1.16. The van der Waals surface area contributed by atoms with Gasteiger partial charge in [0.25, 0.3) is 10.0 Å². The first-order valence-corrected chi connectivity index (χ1v) is 17.4. The molecule has 44 heavy (non-hydrogen) atoms. The molecule has 1 fully saturated rings. The third kappa shape index (κ3) is 8.25. The van der Waals surface area contributed by atoms with Gasteiger partial charge in [0, 0.05) is 41.4 Å². The second-order valence-electron chi connectivity index (χ2n) is 11.8. The van der Waals surface area contributed by atoms with Crippen molar-refractivity contribution in [1.29, 1.82) is 0 Å². The molecule has 1 saturated heterocycles. The average Bonchev–Trinajstić information content (AvgIpc) is 3.00. The molecule has 2 N–H and O–H groups in total. The third-order valence-electron chi connectivity index (χ3n) is 8.27. The zero-order valence-electron chi connectivity index (χ0n) is 25.5. The standard InChI is InChI=1S/C31H41F2N7O2S2/c1-38(2)13-9-22(20-43-24-7-5-4-6-8-24)36-30-27(32)17-25(18-28(30)33)44(41,42)37-31-26-12-16-40(19-29(26)34-21-35-31)23-10-14-39(3)15-11-23/h4-8,17-18,21-23,36H,9-16,19-20H2,1-3H3,(H,34,35,37)/t22-/m1/s1. The maximum atomic E-state index is 15.4. The van der Waals surface area contributed by atoms with Gasteiger partial charge in [0.1, 0.15) is 17.8 Å². The highest BCUT2D eigenvalue weighted by atomic mass is 32.2. The largest absolute Gasteiger partial charge is 0.377 e. The molecule has 0 saturated carbocycles. The van der Waals surface area contributed by atoms with E-state index >= 15 is 8.78 Å². The molecule has 0 spiro atoms. The molecule has 1 aromatic heterocycles. The molecule has 9 nitrogen and oxygen atoms in total. The molecule has 2 aromatic carbocycles. The van der Waals surface area contributed by atoms with Crippen molar-refractivity contribution in [1.82, 2.24) is 24.7 Å². The van der Waals surface area contributed by atoms with Gasteiger partial charge in [0.2, 0.25) is 0 Å². The predicted octanol–water partition coefficient (Wildman–Crippen LogP) is 4.53. The highest BCUT2D eigenvalue weighted by Crippen LogP contribution is 2.30. The van der Waals surface area contributed by atoms with Crippen molar-refractivity contribution in [3.63, 3.8) is 0 Å². The van der Waals surface area contributed by atoms with Crippen LogP contribution in [0.2, 0.25) is 0 Å². The van der Waals surface area contributed by atoms with E-state index in [-0.39, 0.29) is 17.5 Å². The summed E-state index contributed by atoms with van der Waals surface area (Å²) >= 11 is 1.59. The molecular weight excluding hydrogens is 605 g/mol. The number of aromatic nitrogens is 2. The van der Waals surface area contributed by atoms with Crippen molar-refractivity contribution < 1.29 is 17.2 Å². The van der Waals surface area contributed by atoms with E-state index in [1.807, 2.05) is 49.3 Å². The van der Waals surface area contributed by atoms with Gasteiger partial charge in [-0.1, -0.05) is 18.2 Å². The zero-order valence-corrected chi connectivity index (χ0v) is 27.1. The quantitative estimate of drug-likeness (QED) is 0.276. The molecule has 0 unspecified atom stereocenters. The van der Waals surface area contributed by atoms with Crippen molar-refractivity contribution in [3.8, 4) is 0 Å². The Kier molecular flexibility index (Phi) is 10.7. The van der Waals surface area contributed by atoms with Crippen LogP contribution in [0, 0.1) is 11.6 Å². The van der Waals surface area contributed by atoms with Gasteiger partial charge >= 0.3 is 0 Å². The summed E-state index contributed by atoms with van der Waals surface area (Å²) in [6, 6.07) is 11.7. The fourth-order valence-electron chi connectivity index (χ4n) is 5.69. The second-order valence-corrected chi connectivity index (χ2v) is 14.6. The summed E-state index contributed by atoms with van der Waals surface area (Å²) in [6.45, 7) is 4.19. The zero-order chi connectivity index (χ0) is 31.3. The maximum absolute atomic E-state index is 15.4. The molecule has 2 aliphatic heterocycles. The van der Waals surface area contributed by atoms with E-state index in [2.05, 4.69) is 36.9 Å². The molecule has 13 heteroatoms. The summed E-state index contributed by atoms with van der Waals surface area (Å²) in [7, 11) is 1.69. The van der Waals surface area contributed by atoms with E-state index in [1.165, 1.54) is 6.33 Å². The lowest BCUT2D eigenvalue weighted by Gasteiger charge is -2.39. The molecule has 0 bridgehead atoms. The van der Waals surface area contributed by atoms with E-state index in [4.69, 9.17) is 0 Å². The van der Waals surface area contributed by atoms with Gasteiger partial charge in [-0.25, -0.2) is 27.2 Å². The number of hydrogen-bond donors (Lipinski definition) is 2. The summed E-state index contributed by atoms with van der Waals surface area (Å²) in [5, 5.41) is 3.00. The first-order valence-electron chi connectivity index (χ1n) is 15.0. The number of fused-ring (bicyclic) bond motifs is 1. The van der Waals surface area contributed by atoms with Crippen LogP contribution in [-0.2, 0) is 23.0 Å². The minimum atomic E-state index is -4.32. The molecule has 3 heterocycles. The number of piperidine rings is 1. The van der Waals surface area contributed by atoms with Gasteiger partial charge < -0.3 is 15.1 Å². The first kappa shape index (κ1) is 32.6. The highest BCUT2D eigenvalue weighted by Gasteiger charge is 2.30. The van der Waals surface area contributed by atoms with Crippen LogP contribution in [0.3, 0.4) is 0 Å². The maximum Gasteiger partial charge on any atom is 0.263 e. The van der Waals surface area contributed by atoms with Crippen molar-refractivity contribution in [3.05, 3.63) is 71.7 Å². The van der Waals surface area contributed by atoms with Crippen LogP contribution in [0.1, 0.15) is 30.5 Å². The lowest BCUT2D eigenvalue weighted by atomic mass is 9.98. The van der Waals surface area contributed by atoms with E-state index in [1.54, 1.807) is 11.8 Å². The number of benzene rings is 2. The van der Waals surface area contributed by atoms with E-state index in [0.29, 0.717) is 37.7 Å². The molecule has 5 rings (SSSR count). The van der Waals surface area contributed by atoms with Crippen molar-refractivity contribution in [2.24, 2.45) is 0 Å². The smallest absolute Gasteiger partial charge is 0.263 e. The SMILES string of the molecule is CN(C)CC[C@H](CSc1ccccc1)Nc1c(F)cc(S(=O)(=O)Nc2ncnc3c2CCN(C2CCN(C)CC2)C3)cc1F. The number of anilines is 2. The molecule has 0 radical (unpaired) electrons. The number of halogens is 2. The predicted molar refractivity (Wildman–Crippen MR) is 172 cm³/mol. The molecule has 238 valence electrons. The lowest BCUT2D eigenvalue weighted by molar-refractivity contribution is 0.108. The Labute approximate surface area is 263 Å². The van der Waals surface area contributed by atoms with Crippen LogP contribution < -0.4 is 10.0 Å². The molecule has 0 amide bonds. The third-order valence-corrected chi connectivity index (χ3v) is 10.8. The lowest BCUT2D eigenvalue weighted by Crippen LogP contribution is -2.46. The number of sulfonamides is 1. The minimum Gasteiger partial charge on any atom is -0.377 e. The van der Waals surface area contributed by atoms with Gasteiger partial charge in [-0.15, -0.1) is 11.8 Å². The van der Waals surface area contributed by atoms with Crippen LogP contribution in [0.15, 0.2) is 58.6 Å². The number of nitrogens with zero attached hydrogens (tertiary/aromatic N) is 5. The Morgan fingerprint density at radius 1 is 1.07 bits per heavy atom. The van der Waals surface area contributed by atoms with Crippen LogP contribution in [0.25, 0.3) is 0 Å².